The smallest absolute Gasteiger partial charge is 0.123 e. The van der Waals surface area contributed by atoms with E-state index in [4.69, 9.17) is 15.2 Å². The van der Waals surface area contributed by atoms with E-state index in [2.05, 4.69) is 24.2 Å². The molecular weight excluding hydrogens is 254 g/mol. The molecule has 1 aromatic carbocycles. The summed E-state index contributed by atoms with van der Waals surface area (Å²) in [5.74, 6) is 0.816. The SMILES string of the molecule is CCCOc1cc(N)cc(NCC2CN(C)CCO2)c1. The Labute approximate surface area is 121 Å². The first-order chi connectivity index (χ1) is 9.67. The Bertz CT molecular complexity index is 426. The van der Waals surface area contributed by atoms with E-state index in [1.54, 1.807) is 0 Å². The van der Waals surface area contributed by atoms with Crippen LogP contribution in [0.4, 0.5) is 11.4 Å². The van der Waals surface area contributed by atoms with Gasteiger partial charge in [0.25, 0.3) is 0 Å². The number of ether oxygens (including phenoxy) is 2. The zero-order valence-electron chi connectivity index (χ0n) is 12.4. The van der Waals surface area contributed by atoms with Gasteiger partial charge in [0.2, 0.25) is 0 Å². The highest BCUT2D eigenvalue weighted by molar-refractivity contribution is 5.59. The maximum atomic E-state index is 5.90. The Morgan fingerprint density at radius 1 is 1.45 bits per heavy atom. The summed E-state index contributed by atoms with van der Waals surface area (Å²) in [6.07, 6.45) is 1.20. The highest BCUT2D eigenvalue weighted by Gasteiger charge is 2.17. The van der Waals surface area contributed by atoms with Crippen molar-refractivity contribution < 1.29 is 9.47 Å². The number of nitrogen functional groups attached to an aromatic ring is 1. The maximum absolute atomic E-state index is 5.90. The number of hydrogen-bond donors (Lipinski definition) is 2. The van der Waals surface area contributed by atoms with E-state index >= 15 is 0 Å². The molecule has 1 aliphatic heterocycles. The summed E-state index contributed by atoms with van der Waals surface area (Å²) in [6.45, 7) is 6.33. The van der Waals surface area contributed by atoms with Crippen molar-refractivity contribution in [1.82, 2.24) is 4.90 Å². The summed E-state index contributed by atoms with van der Waals surface area (Å²) in [6, 6.07) is 5.76. The fraction of sp³-hybridized carbons (Fsp3) is 0.600. The number of rotatable bonds is 6. The second-order valence-corrected chi connectivity index (χ2v) is 5.28. The van der Waals surface area contributed by atoms with E-state index in [0.717, 1.165) is 44.1 Å². The largest absolute Gasteiger partial charge is 0.493 e. The van der Waals surface area contributed by atoms with Gasteiger partial charge in [0.15, 0.2) is 0 Å². The number of nitrogens with two attached hydrogens (primary N) is 1. The quantitative estimate of drug-likeness (QED) is 0.778. The van der Waals surface area contributed by atoms with Gasteiger partial charge in [-0.2, -0.15) is 0 Å². The average molecular weight is 279 g/mol. The number of nitrogens with zero attached hydrogens (tertiary/aromatic N) is 1. The van der Waals surface area contributed by atoms with E-state index < -0.39 is 0 Å². The molecule has 20 heavy (non-hydrogen) atoms. The molecule has 1 saturated heterocycles. The molecule has 0 bridgehead atoms. The summed E-state index contributed by atoms with van der Waals surface area (Å²) in [4.78, 5) is 2.28. The van der Waals surface area contributed by atoms with E-state index in [1.807, 2.05) is 18.2 Å². The summed E-state index contributed by atoms with van der Waals surface area (Å²) in [5.41, 5.74) is 7.59. The van der Waals surface area contributed by atoms with Gasteiger partial charge in [-0.15, -0.1) is 0 Å². The highest BCUT2D eigenvalue weighted by atomic mass is 16.5. The minimum Gasteiger partial charge on any atom is -0.493 e. The molecule has 5 nitrogen and oxygen atoms in total. The molecule has 0 aromatic heterocycles. The standard InChI is InChI=1S/C15H25N3O2/c1-3-5-19-14-8-12(16)7-13(9-14)17-10-15-11-18(2)4-6-20-15/h7-9,15,17H,3-6,10-11,16H2,1-2H3. The van der Waals surface area contributed by atoms with Crippen LogP contribution in [0.5, 0.6) is 5.75 Å². The lowest BCUT2D eigenvalue weighted by atomic mass is 10.2. The minimum absolute atomic E-state index is 0.218. The minimum atomic E-state index is 0.218. The molecule has 1 unspecified atom stereocenters. The molecule has 1 atom stereocenters. The Morgan fingerprint density at radius 3 is 3.05 bits per heavy atom. The summed E-state index contributed by atoms with van der Waals surface area (Å²) in [5, 5.41) is 3.38. The number of nitrogens with one attached hydrogen (secondary N) is 1. The topological polar surface area (TPSA) is 59.8 Å². The molecule has 0 aliphatic carbocycles. The van der Waals surface area contributed by atoms with E-state index in [1.165, 1.54) is 0 Å². The Hall–Kier alpha value is -1.46. The van der Waals surface area contributed by atoms with Crippen LogP contribution < -0.4 is 15.8 Å². The van der Waals surface area contributed by atoms with E-state index in [-0.39, 0.29) is 6.10 Å². The third-order valence-corrected chi connectivity index (χ3v) is 3.28. The fourth-order valence-corrected chi connectivity index (χ4v) is 2.25. The zero-order chi connectivity index (χ0) is 14.4. The molecule has 0 spiro atoms. The van der Waals surface area contributed by atoms with Crippen molar-refractivity contribution in [3.8, 4) is 5.75 Å². The van der Waals surface area contributed by atoms with Crippen LogP contribution in [0, 0.1) is 0 Å². The number of anilines is 2. The molecule has 0 saturated carbocycles. The van der Waals surface area contributed by atoms with Crippen molar-refractivity contribution in [1.29, 1.82) is 0 Å². The third kappa shape index (κ3) is 4.58. The van der Waals surface area contributed by atoms with Gasteiger partial charge in [-0.1, -0.05) is 6.92 Å². The average Bonchev–Trinajstić information content (AvgIpc) is 2.42. The lowest BCUT2D eigenvalue weighted by Gasteiger charge is -2.30. The van der Waals surface area contributed by atoms with Crippen molar-refractivity contribution in [2.45, 2.75) is 19.4 Å². The predicted molar refractivity (Wildman–Crippen MR) is 82.4 cm³/mol. The van der Waals surface area contributed by atoms with Gasteiger partial charge in [0, 0.05) is 43.1 Å². The molecule has 5 heteroatoms. The molecule has 1 aliphatic rings. The molecular formula is C15H25N3O2. The Kier molecular flexibility index (Phi) is 5.49. The summed E-state index contributed by atoms with van der Waals surface area (Å²) >= 11 is 0. The van der Waals surface area contributed by atoms with Crippen LogP contribution in [-0.4, -0.2) is 50.9 Å². The molecule has 1 heterocycles. The molecule has 0 amide bonds. The lowest BCUT2D eigenvalue weighted by molar-refractivity contribution is -0.0117. The molecule has 3 N–H and O–H groups in total. The van der Waals surface area contributed by atoms with Crippen molar-refractivity contribution in [3.63, 3.8) is 0 Å². The van der Waals surface area contributed by atoms with Gasteiger partial charge in [-0.25, -0.2) is 0 Å². The van der Waals surface area contributed by atoms with Gasteiger partial charge in [0.05, 0.1) is 19.3 Å². The second kappa shape index (κ2) is 7.36. The Morgan fingerprint density at radius 2 is 2.30 bits per heavy atom. The van der Waals surface area contributed by atoms with Gasteiger partial charge in [0.1, 0.15) is 5.75 Å². The molecule has 2 rings (SSSR count). The van der Waals surface area contributed by atoms with E-state index in [9.17, 15) is 0 Å². The third-order valence-electron chi connectivity index (χ3n) is 3.28. The maximum Gasteiger partial charge on any atom is 0.123 e. The van der Waals surface area contributed by atoms with Crippen molar-refractivity contribution in [3.05, 3.63) is 18.2 Å². The number of hydrogen-bond acceptors (Lipinski definition) is 5. The molecule has 112 valence electrons. The summed E-state index contributed by atoms with van der Waals surface area (Å²) < 4.78 is 11.4. The Balaban J connectivity index is 1.89. The van der Waals surface area contributed by atoms with Gasteiger partial charge in [-0.3, -0.25) is 0 Å². The van der Waals surface area contributed by atoms with Crippen LogP contribution in [0.2, 0.25) is 0 Å². The fourth-order valence-electron chi connectivity index (χ4n) is 2.25. The van der Waals surface area contributed by atoms with Crippen LogP contribution >= 0.6 is 0 Å². The highest BCUT2D eigenvalue weighted by Crippen LogP contribution is 2.23. The molecule has 0 radical (unpaired) electrons. The first kappa shape index (κ1) is 14.9. The van der Waals surface area contributed by atoms with Crippen LogP contribution in [0.15, 0.2) is 18.2 Å². The first-order valence-corrected chi connectivity index (χ1v) is 7.24. The monoisotopic (exact) mass is 279 g/mol. The van der Waals surface area contributed by atoms with Crippen molar-refractivity contribution in [2.24, 2.45) is 0 Å². The molecule has 1 fully saturated rings. The van der Waals surface area contributed by atoms with Gasteiger partial charge in [-0.05, 0) is 19.5 Å². The van der Waals surface area contributed by atoms with Gasteiger partial charge >= 0.3 is 0 Å². The normalized spacial score (nSPS) is 19.8. The number of benzene rings is 1. The van der Waals surface area contributed by atoms with Crippen LogP contribution in [-0.2, 0) is 4.74 Å². The molecule has 1 aromatic rings. The van der Waals surface area contributed by atoms with E-state index in [0.29, 0.717) is 12.3 Å². The lowest BCUT2D eigenvalue weighted by Crippen LogP contribution is -2.43. The number of likely N-dealkylation sites (N-methyl/N-ethyl adjacent to an activating group) is 1. The van der Waals surface area contributed by atoms with Gasteiger partial charge < -0.3 is 25.4 Å². The summed E-state index contributed by atoms with van der Waals surface area (Å²) in [7, 11) is 2.12. The van der Waals surface area contributed by atoms with Crippen molar-refractivity contribution >= 4 is 11.4 Å². The van der Waals surface area contributed by atoms with Crippen molar-refractivity contribution in [2.75, 3.05) is 50.9 Å². The number of morpholine rings is 1. The van der Waals surface area contributed by atoms with Crippen LogP contribution in [0.1, 0.15) is 13.3 Å². The zero-order valence-corrected chi connectivity index (χ0v) is 12.4. The van der Waals surface area contributed by atoms with Crippen LogP contribution in [0.3, 0.4) is 0 Å². The van der Waals surface area contributed by atoms with Crippen LogP contribution in [0.25, 0.3) is 0 Å². The first-order valence-electron chi connectivity index (χ1n) is 7.24. The predicted octanol–water partition coefficient (Wildman–Crippen LogP) is 1.80. The second-order valence-electron chi connectivity index (χ2n) is 5.28.